The molecule has 4 aromatic carbocycles. The molecule has 1 aliphatic rings. The fourth-order valence-electron chi connectivity index (χ4n) is 4.79. The molecule has 0 aliphatic carbocycles. The van der Waals surface area contributed by atoms with Gasteiger partial charge in [-0.25, -0.2) is 0 Å². The topological polar surface area (TPSA) is 41.9 Å². The van der Waals surface area contributed by atoms with Crippen LogP contribution in [0.15, 0.2) is 94.7 Å². The summed E-state index contributed by atoms with van der Waals surface area (Å²) in [5.41, 5.74) is 5.51. The average molecular weight is 510 g/mol. The molecular weight excluding hydrogens is 482 g/mol. The van der Waals surface area contributed by atoms with Crippen molar-refractivity contribution in [1.82, 2.24) is 4.57 Å². The highest BCUT2D eigenvalue weighted by Crippen LogP contribution is 2.45. The molecule has 37 heavy (non-hydrogen) atoms. The molecule has 5 aromatic rings. The van der Waals surface area contributed by atoms with Gasteiger partial charge in [0.25, 0.3) is 0 Å². The first-order chi connectivity index (χ1) is 18.1. The second-order valence-electron chi connectivity index (χ2n) is 8.84. The molecule has 186 valence electrons. The number of rotatable bonds is 6. The van der Waals surface area contributed by atoms with E-state index < -0.39 is 0 Å². The molecule has 0 amide bonds. The third kappa shape index (κ3) is 4.38. The van der Waals surface area contributed by atoms with E-state index in [1.807, 2.05) is 18.2 Å². The molecule has 0 spiro atoms. The number of aromatic nitrogens is 1. The van der Waals surface area contributed by atoms with Crippen LogP contribution in [0.4, 0.5) is 0 Å². The fourth-order valence-corrected chi connectivity index (χ4v) is 5.95. The molecule has 0 fully saturated rings. The third-order valence-electron chi connectivity index (χ3n) is 6.62. The molecule has 0 saturated carbocycles. The fraction of sp³-hybridized carbons (Fsp3) is 0.161. The van der Waals surface area contributed by atoms with E-state index >= 15 is 0 Å². The Bertz CT molecular complexity index is 1570. The van der Waals surface area contributed by atoms with Crippen molar-refractivity contribution >= 4 is 22.7 Å². The van der Waals surface area contributed by atoms with Crippen LogP contribution in [0.1, 0.15) is 0 Å². The maximum absolute atomic E-state index is 5.84. The Morgan fingerprint density at radius 1 is 0.703 bits per heavy atom. The van der Waals surface area contributed by atoms with Gasteiger partial charge in [0.2, 0.25) is 0 Å². The van der Waals surface area contributed by atoms with Crippen molar-refractivity contribution in [2.75, 3.05) is 27.4 Å². The van der Waals surface area contributed by atoms with Crippen LogP contribution < -0.4 is 18.9 Å². The normalized spacial score (nSPS) is 12.5. The van der Waals surface area contributed by atoms with Gasteiger partial charge in [0, 0.05) is 39.4 Å². The molecular formula is C31H27NO4S. The van der Waals surface area contributed by atoms with Crippen LogP contribution in [0.25, 0.3) is 33.3 Å². The van der Waals surface area contributed by atoms with E-state index in [9.17, 15) is 0 Å². The number of hydrogen-bond donors (Lipinski definition) is 0. The Hall–Kier alpha value is -4.03. The molecule has 0 radical (unpaired) electrons. The molecule has 1 aliphatic heterocycles. The summed E-state index contributed by atoms with van der Waals surface area (Å²) in [6, 6.07) is 29.3. The van der Waals surface area contributed by atoms with Gasteiger partial charge in [-0.05, 0) is 59.7 Å². The molecule has 0 bridgehead atoms. The number of ether oxygens (including phenoxy) is 4. The summed E-state index contributed by atoms with van der Waals surface area (Å²) < 4.78 is 25.0. The Morgan fingerprint density at radius 3 is 2.11 bits per heavy atom. The van der Waals surface area contributed by atoms with Crippen LogP contribution in [0.2, 0.25) is 0 Å². The number of hydrogen-bond acceptors (Lipinski definition) is 5. The van der Waals surface area contributed by atoms with Crippen molar-refractivity contribution in [3.8, 4) is 45.4 Å². The highest BCUT2D eigenvalue weighted by Gasteiger charge is 2.21. The van der Waals surface area contributed by atoms with Gasteiger partial charge in [0.15, 0.2) is 11.5 Å². The first kappa shape index (κ1) is 23.4. The minimum atomic E-state index is 0.569. The van der Waals surface area contributed by atoms with Crippen LogP contribution in [-0.4, -0.2) is 32.0 Å². The Balaban J connectivity index is 1.56. The maximum Gasteiger partial charge on any atom is 0.161 e. The van der Waals surface area contributed by atoms with E-state index in [0.29, 0.717) is 13.2 Å². The zero-order valence-corrected chi connectivity index (χ0v) is 21.8. The molecule has 0 N–H and O–H groups in total. The first-order valence-electron chi connectivity index (χ1n) is 12.1. The summed E-state index contributed by atoms with van der Waals surface area (Å²) in [6.07, 6.45) is 0. The van der Waals surface area contributed by atoms with Crippen molar-refractivity contribution in [2.45, 2.75) is 9.79 Å². The summed E-state index contributed by atoms with van der Waals surface area (Å²) in [6.45, 7) is 1.15. The largest absolute Gasteiger partial charge is 0.497 e. The van der Waals surface area contributed by atoms with E-state index in [2.05, 4.69) is 78.3 Å². The molecule has 0 saturated heterocycles. The summed E-state index contributed by atoms with van der Waals surface area (Å²) in [5, 5.41) is 1.18. The van der Waals surface area contributed by atoms with Crippen LogP contribution in [0.3, 0.4) is 0 Å². The zero-order valence-electron chi connectivity index (χ0n) is 21.0. The van der Waals surface area contributed by atoms with Gasteiger partial charge in [0.05, 0.1) is 19.9 Å². The molecule has 0 unspecified atom stereocenters. The number of fused-ring (bicyclic) bond motifs is 2. The minimum Gasteiger partial charge on any atom is -0.497 e. The van der Waals surface area contributed by atoms with E-state index in [1.165, 1.54) is 15.2 Å². The number of benzene rings is 4. The monoisotopic (exact) mass is 509 g/mol. The van der Waals surface area contributed by atoms with Crippen molar-refractivity contribution in [2.24, 2.45) is 7.05 Å². The second-order valence-corrected chi connectivity index (χ2v) is 9.93. The van der Waals surface area contributed by atoms with Gasteiger partial charge < -0.3 is 23.5 Å². The lowest BCUT2D eigenvalue weighted by Gasteiger charge is -2.19. The van der Waals surface area contributed by atoms with Gasteiger partial charge in [-0.2, -0.15) is 0 Å². The van der Waals surface area contributed by atoms with Gasteiger partial charge in [-0.3, -0.25) is 0 Å². The van der Waals surface area contributed by atoms with Crippen molar-refractivity contribution in [1.29, 1.82) is 0 Å². The van der Waals surface area contributed by atoms with Gasteiger partial charge in [-0.1, -0.05) is 42.1 Å². The van der Waals surface area contributed by atoms with E-state index in [1.54, 1.807) is 26.0 Å². The van der Waals surface area contributed by atoms with Gasteiger partial charge in [-0.15, -0.1) is 0 Å². The number of methoxy groups -OCH3 is 2. The van der Waals surface area contributed by atoms with Gasteiger partial charge >= 0.3 is 0 Å². The summed E-state index contributed by atoms with van der Waals surface area (Å²) >= 11 is 1.77. The van der Waals surface area contributed by atoms with Crippen LogP contribution in [0.5, 0.6) is 23.0 Å². The Kier molecular flexibility index (Phi) is 6.18. The van der Waals surface area contributed by atoms with Crippen molar-refractivity contribution in [3.63, 3.8) is 0 Å². The maximum atomic E-state index is 5.84. The highest BCUT2D eigenvalue weighted by molar-refractivity contribution is 7.99. The van der Waals surface area contributed by atoms with Crippen LogP contribution in [0, 0.1) is 0 Å². The summed E-state index contributed by atoms with van der Waals surface area (Å²) in [7, 11) is 5.47. The lowest BCUT2D eigenvalue weighted by atomic mass is 10.0. The van der Waals surface area contributed by atoms with Crippen molar-refractivity contribution in [3.05, 3.63) is 84.9 Å². The summed E-state index contributed by atoms with van der Waals surface area (Å²) in [4.78, 5) is 2.36. The molecule has 5 nitrogen and oxygen atoms in total. The molecule has 1 aromatic heterocycles. The molecule has 6 rings (SSSR count). The van der Waals surface area contributed by atoms with Crippen LogP contribution >= 0.6 is 11.8 Å². The molecule has 6 heteroatoms. The van der Waals surface area contributed by atoms with Gasteiger partial charge in [0.1, 0.15) is 24.7 Å². The number of aryl methyl sites for hydroxylation is 1. The smallest absolute Gasteiger partial charge is 0.161 e. The molecule has 0 atom stereocenters. The average Bonchev–Trinajstić information content (AvgIpc) is 3.23. The second kappa shape index (κ2) is 9.79. The minimum absolute atomic E-state index is 0.569. The van der Waals surface area contributed by atoms with E-state index in [-0.39, 0.29) is 0 Å². The number of nitrogens with zero attached hydrogens (tertiary/aromatic N) is 1. The first-order valence-corrected chi connectivity index (χ1v) is 12.9. The van der Waals surface area contributed by atoms with Crippen LogP contribution in [-0.2, 0) is 7.05 Å². The van der Waals surface area contributed by atoms with E-state index in [4.69, 9.17) is 18.9 Å². The predicted molar refractivity (Wildman–Crippen MR) is 148 cm³/mol. The summed E-state index contributed by atoms with van der Waals surface area (Å²) in [5.74, 6) is 3.10. The molecule has 2 heterocycles. The quantitative estimate of drug-likeness (QED) is 0.238. The Morgan fingerprint density at radius 2 is 1.38 bits per heavy atom. The highest BCUT2D eigenvalue weighted by atomic mass is 32.2. The third-order valence-corrected chi connectivity index (χ3v) is 7.74. The zero-order chi connectivity index (χ0) is 25.4. The Labute approximate surface area is 220 Å². The van der Waals surface area contributed by atoms with Crippen molar-refractivity contribution < 1.29 is 18.9 Å². The predicted octanol–water partition coefficient (Wildman–Crippen LogP) is 7.45. The SMILES string of the molecule is COc1cc(OC)cc(-c2c(Sc3ccccc3)c3cc(-c4ccc5c(c4)OCCO5)ccc3n2C)c1. The lowest BCUT2D eigenvalue weighted by Crippen LogP contribution is -2.15. The standard InChI is InChI=1S/C31H27NO4S/c1-32-27-11-9-20(21-10-12-28-29(18-21)36-14-13-35-28)17-26(27)31(37-25-7-5-4-6-8-25)30(32)22-15-23(33-2)19-24(16-22)34-3/h4-12,15-19H,13-14H2,1-3H3. The lowest BCUT2D eigenvalue weighted by molar-refractivity contribution is 0.171. The van der Waals surface area contributed by atoms with E-state index in [0.717, 1.165) is 50.9 Å².